The number of carbonyl (C=O) groups excluding carboxylic acids is 1. The van der Waals surface area contributed by atoms with Crippen LogP contribution >= 0.6 is 0 Å². The summed E-state index contributed by atoms with van der Waals surface area (Å²) in [7, 11) is 0. The van der Waals surface area contributed by atoms with E-state index in [0.29, 0.717) is 31.0 Å². The van der Waals surface area contributed by atoms with E-state index in [1.807, 2.05) is 0 Å². The normalized spacial score (nSPS) is 46.5. The molecule has 0 spiro atoms. The van der Waals surface area contributed by atoms with Crippen molar-refractivity contribution < 1.29 is 14.7 Å². The van der Waals surface area contributed by atoms with Gasteiger partial charge in [-0.2, -0.15) is 0 Å². The van der Waals surface area contributed by atoms with Crippen molar-refractivity contribution in [2.75, 3.05) is 0 Å². The van der Waals surface area contributed by atoms with E-state index in [0.717, 1.165) is 6.42 Å². The van der Waals surface area contributed by atoms with E-state index in [1.165, 1.54) is 0 Å². The van der Waals surface area contributed by atoms with Gasteiger partial charge >= 0.3 is 5.97 Å². The van der Waals surface area contributed by atoms with Crippen LogP contribution in [0, 0.1) is 17.3 Å². The first-order valence-electron chi connectivity index (χ1n) is 3.88. The number of hydrogen-bond donors (Lipinski definition) is 1. The molecule has 2 atom stereocenters. The zero-order chi connectivity index (χ0) is 8.06. The fraction of sp³-hybridized carbons (Fsp3) is 0.750. The molecular weight excluding hydrogens is 144 g/mol. The summed E-state index contributed by atoms with van der Waals surface area (Å²) >= 11 is 0. The molecule has 2 saturated carbocycles. The Morgan fingerprint density at radius 1 is 1.45 bits per heavy atom. The minimum absolute atomic E-state index is 0.538. The van der Waals surface area contributed by atoms with Gasteiger partial charge in [0.15, 0.2) is 0 Å². The van der Waals surface area contributed by atoms with Crippen molar-refractivity contribution in [3.8, 4) is 0 Å². The number of carbonyl (C=O) groups is 2. The topological polar surface area (TPSA) is 54.4 Å². The monoisotopic (exact) mass is 154 g/mol. The summed E-state index contributed by atoms with van der Waals surface area (Å²) in [6, 6.07) is 0. The van der Waals surface area contributed by atoms with Crippen LogP contribution in [0.4, 0.5) is 0 Å². The van der Waals surface area contributed by atoms with Gasteiger partial charge in [-0.3, -0.25) is 4.79 Å². The SMILES string of the molecule is O=CC1(C(=O)O)CC2CC2C1. The fourth-order valence-electron chi connectivity index (χ4n) is 2.15. The lowest BCUT2D eigenvalue weighted by Gasteiger charge is -2.17. The highest BCUT2D eigenvalue weighted by Crippen LogP contribution is 2.59. The van der Waals surface area contributed by atoms with Crippen LogP contribution in [0.15, 0.2) is 0 Å². The highest BCUT2D eigenvalue weighted by atomic mass is 16.4. The van der Waals surface area contributed by atoms with E-state index < -0.39 is 11.4 Å². The molecule has 0 radical (unpaired) electrons. The smallest absolute Gasteiger partial charge is 0.316 e. The van der Waals surface area contributed by atoms with Crippen LogP contribution in [0.2, 0.25) is 0 Å². The lowest BCUT2D eigenvalue weighted by atomic mass is 9.85. The summed E-state index contributed by atoms with van der Waals surface area (Å²) in [5.74, 6) is 0.146. The zero-order valence-electron chi connectivity index (χ0n) is 6.12. The van der Waals surface area contributed by atoms with E-state index in [2.05, 4.69) is 0 Å². The number of aliphatic carboxylic acids is 1. The molecule has 2 aliphatic carbocycles. The molecule has 0 saturated heterocycles. The average Bonchev–Trinajstić information content (AvgIpc) is 2.59. The van der Waals surface area contributed by atoms with Gasteiger partial charge < -0.3 is 9.90 Å². The third kappa shape index (κ3) is 0.800. The summed E-state index contributed by atoms with van der Waals surface area (Å²) in [4.78, 5) is 21.2. The van der Waals surface area contributed by atoms with Crippen LogP contribution in [0.5, 0.6) is 0 Å². The van der Waals surface area contributed by atoms with Gasteiger partial charge in [-0.1, -0.05) is 0 Å². The minimum atomic E-state index is -1.01. The molecule has 1 N–H and O–H groups in total. The zero-order valence-corrected chi connectivity index (χ0v) is 6.12. The second kappa shape index (κ2) is 1.84. The molecule has 0 heterocycles. The van der Waals surface area contributed by atoms with Crippen LogP contribution in [0.1, 0.15) is 19.3 Å². The molecule has 0 aromatic carbocycles. The van der Waals surface area contributed by atoms with Crippen LogP contribution in [0.3, 0.4) is 0 Å². The lowest BCUT2D eigenvalue weighted by molar-refractivity contribution is -0.151. The first kappa shape index (κ1) is 6.83. The van der Waals surface area contributed by atoms with E-state index in [-0.39, 0.29) is 0 Å². The molecule has 0 bridgehead atoms. The molecular formula is C8H10O3. The number of carboxylic acids is 1. The second-order valence-corrected chi connectivity index (χ2v) is 3.74. The molecule has 2 fully saturated rings. The van der Waals surface area contributed by atoms with Crippen molar-refractivity contribution in [3.63, 3.8) is 0 Å². The molecule has 11 heavy (non-hydrogen) atoms. The highest BCUT2D eigenvalue weighted by Gasteiger charge is 2.57. The van der Waals surface area contributed by atoms with Gasteiger partial charge in [0.1, 0.15) is 11.7 Å². The predicted octanol–water partition coefficient (Wildman–Crippen LogP) is 0.686. The summed E-state index contributed by atoms with van der Waals surface area (Å²) in [5, 5.41) is 8.77. The fourth-order valence-corrected chi connectivity index (χ4v) is 2.15. The summed E-state index contributed by atoms with van der Waals surface area (Å²) < 4.78 is 0. The molecule has 0 aromatic heterocycles. The van der Waals surface area contributed by atoms with E-state index in [1.54, 1.807) is 0 Å². The molecule has 3 heteroatoms. The molecule has 2 unspecified atom stereocenters. The number of rotatable bonds is 2. The largest absolute Gasteiger partial charge is 0.481 e. The molecule has 2 aliphatic rings. The van der Waals surface area contributed by atoms with Crippen molar-refractivity contribution >= 4 is 12.3 Å². The van der Waals surface area contributed by atoms with Gasteiger partial charge in [-0.05, 0) is 31.1 Å². The highest BCUT2D eigenvalue weighted by molar-refractivity contribution is 5.92. The minimum Gasteiger partial charge on any atom is -0.481 e. The molecule has 0 amide bonds. The number of fused-ring (bicyclic) bond motifs is 1. The van der Waals surface area contributed by atoms with Gasteiger partial charge in [0, 0.05) is 0 Å². The van der Waals surface area contributed by atoms with Crippen molar-refractivity contribution in [1.82, 2.24) is 0 Å². The van der Waals surface area contributed by atoms with Gasteiger partial charge in [-0.25, -0.2) is 0 Å². The maximum absolute atomic E-state index is 10.7. The first-order valence-corrected chi connectivity index (χ1v) is 3.88. The first-order chi connectivity index (χ1) is 5.18. The van der Waals surface area contributed by atoms with Crippen molar-refractivity contribution in [1.29, 1.82) is 0 Å². The van der Waals surface area contributed by atoms with Gasteiger partial charge in [0.25, 0.3) is 0 Å². The lowest BCUT2D eigenvalue weighted by Crippen LogP contribution is -2.30. The Bertz CT molecular complexity index is 211. The van der Waals surface area contributed by atoms with Gasteiger partial charge in [0.2, 0.25) is 0 Å². The summed E-state index contributed by atoms with van der Waals surface area (Å²) in [6.07, 6.45) is 2.93. The molecule has 60 valence electrons. The molecule has 3 nitrogen and oxygen atoms in total. The van der Waals surface area contributed by atoms with Crippen LogP contribution in [-0.4, -0.2) is 17.4 Å². The predicted molar refractivity (Wildman–Crippen MR) is 37.0 cm³/mol. The van der Waals surface area contributed by atoms with E-state index in [9.17, 15) is 9.59 Å². The average molecular weight is 154 g/mol. The Labute approximate surface area is 64.4 Å². The summed E-state index contributed by atoms with van der Waals surface area (Å²) in [5.41, 5.74) is -1.01. The maximum Gasteiger partial charge on any atom is 0.316 e. The third-order valence-electron chi connectivity index (χ3n) is 2.97. The Morgan fingerprint density at radius 2 is 2.00 bits per heavy atom. The number of aldehydes is 1. The van der Waals surface area contributed by atoms with Crippen molar-refractivity contribution in [2.45, 2.75) is 19.3 Å². The quantitative estimate of drug-likeness (QED) is 0.470. The van der Waals surface area contributed by atoms with E-state index >= 15 is 0 Å². The van der Waals surface area contributed by atoms with Crippen LogP contribution in [-0.2, 0) is 9.59 Å². The Balaban J connectivity index is 2.19. The second-order valence-electron chi connectivity index (χ2n) is 3.74. The molecule has 0 aromatic rings. The molecule has 0 aliphatic heterocycles. The Morgan fingerprint density at radius 3 is 2.27 bits per heavy atom. The number of hydrogen-bond acceptors (Lipinski definition) is 2. The summed E-state index contributed by atoms with van der Waals surface area (Å²) in [6.45, 7) is 0. The number of carboxylic acid groups (broad SMARTS) is 1. The third-order valence-corrected chi connectivity index (χ3v) is 2.97. The van der Waals surface area contributed by atoms with Crippen molar-refractivity contribution in [2.24, 2.45) is 17.3 Å². The Hall–Kier alpha value is -0.860. The maximum atomic E-state index is 10.7. The standard InChI is InChI=1S/C8H10O3/c9-4-8(7(10)11)2-5-1-6(5)3-8/h4-6H,1-3H2,(H,10,11). The Kier molecular flexibility index (Phi) is 1.14. The van der Waals surface area contributed by atoms with Crippen LogP contribution < -0.4 is 0 Å². The van der Waals surface area contributed by atoms with Gasteiger partial charge in [0.05, 0.1) is 0 Å². The van der Waals surface area contributed by atoms with E-state index in [4.69, 9.17) is 5.11 Å². The van der Waals surface area contributed by atoms with Crippen molar-refractivity contribution in [3.05, 3.63) is 0 Å². The van der Waals surface area contributed by atoms with Gasteiger partial charge in [-0.15, -0.1) is 0 Å². The van der Waals surface area contributed by atoms with Crippen LogP contribution in [0.25, 0.3) is 0 Å². The molecule has 2 rings (SSSR count).